The van der Waals surface area contributed by atoms with Crippen molar-refractivity contribution in [2.45, 2.75) is 130 Å². The van der Waals surface area contributed by atoms with E-state index in [1.807, 2.05) is 12.1 Å². The largest absolute Gasteiger partial charge is 0.311 e. The van der Waals surface area contributed by atoms with Gasteiger partial charge in [-0.05, 0) is 159 Å². The molecule has 0 unspecified atom stereocenters. The van der Waals surface area contributed by atoms with Crippen LogP contribution in [0.2, 0.25) is 0 Å². The van der Waals surface area contributed by atoms with Crippen molar-refractivity contribution in [1.82, 2.24) is 0 Å². The number of hydrogen-bond acceptors (Lipinski definition) is 3. The molecule has 3 nitrogen and oxygen atoms in total. The standard InChI is InChI=1S/C62H70BN3/c1-13-59(5,6)43-27-33-49(34-28-43)65-54-37-31-45(61(9,10)15-3)39-52(54)63-53-40-46(62(11,12)16-4)32-38-55(53)66(50-35-29-44(30-36-50)60(7,8)14-2)57-42-51(41-56(65)58(57)63)64(47-23-19-17-20-24-47)48-25-21-18-22-26-48/h17-42H,13-16H2,1-12H3/i17D,18D,19D,20D,21D,22D,23D,24D,25D,26D. The smallest absolute Gasteiger partial charge is 0.252 e. The third-order valence-corrected chi connectivity index (χ3v) is 15.6. The number of fused-ring (bicyclic) bond motifs is 4. The molecule has 2 aliphatic rings. The van der Waals surface area contributed by atoms with Gasteiger partial charge in [0.25, 0.3) is 6.71 Å². The molecule has 0 saturated heterocycles. The summed E-state index contributed by atoms with van der Waals surface area (Å²) in [5.41, 5.74) is 11.9. The van der Waals surface area contributed by atoms with E-state index in [9.17, 15) is 5.48 Å². The van der Waals surface area contributed by atoms with E-state index in [1.54, 1.807) is 0 Å². The first kappa shape index (κ1) is 34.3. The maximum absolute atomic E-state index is 9.48. The van der Waals surface area contributed by atoms with E-state index < -0.39 is 60.4 Å². The van der Waals surface area contributed by atoms with E-state index in [1.165, 1.54) is 27.2 Å². The summed E-state index contributed by atoms with van der Waals surface area (Å²) < 4.78 is 91.0. The predicted octanol–water partition coefficient (Wildman–Crippen LogP) is 16.0. The first-order valence-electron chi connectivity index (χ1n) is 28.9. The van der Waals surface area contributed by atoms with Crippen LogP contribution in [0.25, 0.3) is 0 Å². The van der Waals surface area contributed by atoms with Crippen molar-refractivity contribution in [3.8, 4) is 0 Å². The van der Waals surface area contributed by atoms with Crippen LogP contribution in [0.4, 0.5) is 51.2 Å². The van der Waals surface area contributed by atoms with Crippen LogP contribution in [0, 0.1) is 0 Å². The molecule has 2 heterocycles. The number of hydrogen-bond donors (Lipinski definition) is 0. The molecule has 0 bridgehead atoms. The van der Waals surface area contributed by atoms with Gasteiger partial charge in [-0.3, -0.25) is 0 Å². The zero-order valence-electron chi connectivity index (χ0n) is 51.0. The van der Waals surface area contributed by atoms with Gasteiger partial charge in [0.1, 0.15) is 0 Å². The topological polar surface area (TPSA) is 9.72 Å². The maximum atomic E-state index is 9.48. The van der Waals surface area contributed by atoms with Crippen molar-refractivity contribution in [3.05, 3.63) is 180 Å². The number of para-hydroxylation sites is 2. The molecule has 7 aromatic carbocycles. The summed E-state index contributed by atoms with van der Waals surface area (Å²) >= 11 is 0. The molecule has 0 aromatic heterocycles. The zero-order chi connectivity index (χ0) is 55.5. The predicted molar refractivity (Wildman–Crippen MR) is 288 cm³/mol. The van der Waals surface area contributed by atoms with Gasteiger partial charge >= 0.3 is 0 Å². The molecular formula is C62H70BN3. The summed E-state index contributed by atoms with van der Waals surface area (Å²) in [5, 5.41) is 0. The second-order valence-electron chi connectivity index (χ2n) is 20.9. The first-order valence-corrected chi connectivity index (χ1v) is 23.9. The molecule has 66 heavy (non-hydrogen) atoms. The van der Waals surface area contributed by atoms with Crippen LogP contribution in [0.1, 0.15) is 145 Å². The van der Waals surface area contributed by atoms with Crippen molar-refractivity contribution >= 4 is 74.3 Å². The third kappa shape index (κ3) is 7.74. The fourth-order valence-corrected chi connectivity index (χ4v) is 9.54. The van der Waals surface area contributed by atoms with Gasteiger partial charge in [0.15, 0.2) is 0 Å². The summed E-state index contributed by atoms with van der Waals surface area (Å²) in [6, 6.07) is 28.7. The quantitative estimate of drug-likeness (QED) is 0.107. The highest BCUT2D eigenvalue weighted by Crippen LogP contribution is 2.49. The van der Waals surface area contributed by atoms with Gasteiger partial charge in [-0.15, -0.1) is 0 Å². The lowest BCUT2D eigenvalue weighted by Gasteiger charge is -2.46. The Bertz CT molecular complexity index is 3180. The Morgan fingerprint density at radius 2 is 0.742 bits per heavy atom. The van der Waals surface area contributed by atoms with Crippen LogP contribution in [-0.2, 0) is 21.7 Å². The van der Waals surface area contributed by atoms with E-state index in [0.717, 1.165) is 76.2 Å². The van der Waals surface area contributed by atoms with Crippen LogP contribution in [-0.4, -0.2) is 6.71 Å². The monoisotopic (exact) mass is 878 g/mol. The average Bonchev–Trinajstić information content (AvgIpc) is 3.43. The second kappa shape index (κ2) is 17.0. The minimum absolute atomic E-state index is 0.104. The van der Waals surface area contributed by atoms with Crippen LogP contribution in [0.3, 0.4) is 0 Å². The van der Waals surface area contributed by atoms with Crippen LogP contribution in [0.15, 0.2) is 157 Å². The lowest BCUT2D eigenvalue weighted by atomic mass is 9.33. The van der Waals surface area contributed by atoms with Gasteiger partial charge in [0.05, 0.1) is 19.4 Å². The Balaban J connectivity index is 1.51. The molecular weight excluding hydrogens is 798 g/mol. The molecule has 2 aliphatic heterocycles. The molecule has 4 heteroatoms. The maximum Gasteiger partial charge on any atom is 0.252 e. The SMILES string of the molecule is [2H]c1c([2H])c([2H])c(N(c2cc3c4c(c2)N(c2ccc(C(C)(C)CC)cc2)c2ccc(C(C)(C)CC)cc2B4c2cc(C(C)(C)CC)ccc2N3c2ccc(C(C)(C)CC)cc2)c2c([2H])c([2H])c([2H])c([2H])c2[2H])c([2H])c1[2H]. The lowest BCUT2D eigenvalue weighted by molar-refractivity contribution is 0.506. The van der Waals surface area contributed by atoms with Gasteiger partial charge < -0.3 is 14.7 Å². The van der Waals surface area contributed by atoms with Gasteiger partial charge in [-0.2, -0.15) is 0 Å². The molecule has 7 aromatic rings. The molecule has 9 rings (SSSR count). The van der Waals surface area contributed by atoms with Gasteiger partial charge in [-0.25, -0.2) is 0 Å². The lowest BCUT2D eigenvalue weighted by Crippen LogP contribution is -2.61. The Hall–Kier alpha value is -6.00. The molecule has 0 atom stereocenters. The number of anilines is 9. The highest BCUT2D eigenvalue weighted by molar-refractivity contribution is 7.00. The fraction of sp³-hybridized carbons (Fsp3) is 0.323. The summed E-state index contributed by atoms with van der Waals surface area (Å²) in [6.07, 6.45) is 3.68. The highest BCUT2D eigenvalue weighted by Gasteiger charge is 2.45. The van der Waals surface area contributed by atoms with E-state index in [0.29, 0.717) is 0 Å². The van der Waals surface area contributed by atoms with Crippen LogP contribution in [0.5, 0.6) is 0 Å². The summed E-state index contributed by atoms with van der Waals surface area (Å²) in [6.45, 7) is 26.5. The zero-order valence-corrected chi connectivity index (χ0v) is 41.0. The Kier molecular flexibility index (Phi) is 8.85. The van der Waals surface area contributed by atoms with Crippen molar-refractivity contribution in [3.63, 3.8) is 0 Å². The van der Waals surface area contributed by atoms with Gasteiger partial charge in [-0.1, -0.05) is 168 Å². The highest BCUT2D eigenvalue weighted by atomic mass is 15.2. The molecule has 0 radical (unpaired) electrons. The van der Waals surface area contributed by atoms with Crippen molar-refractivity contribution < 1.29 is 13.7 Å². The van der Waals surface area contributed by atoms with Crippen molar-refractivity contribution in [1.29, 1.82) is 0 Å². The molecule has 0 spiro atoms. The number of rotatable bonds is 13. The molecule has 336 valence electrons. The fourth-order valence-electron chi connectivity index (χ4n) is 9.54. The summed E-state index contributed by atoms with van der Waals surface area (Å²) in [4.78, 5) is 5.79. The average molecular weight is 878 g/mol. The Labute approximate surface area is 411 Å². The normalized spacial score (nSPS) is 15.7. The Morgan fingerprint density at radius 3 is 1.09 bits per heavy atom. The number of benzene rings is 7. The van der Waals surface area contributed by atoms with E-state index in [2.05, 4.69) is 178 Å². The molecule has 0 aliphatic carbocycles. The minimum Gasteiger partial charge on any atom is -0.311 e. The van der Waals surface area contributed by atoms with E-state index in [4.69, 9.17) is 8.22 Å². The molecule has 0 amide bonds. The Morgan fingerprint density at radius 1 is 0.409 bits per heavy atom. The summed E-state index contributed by atoms with van der Waals surface area (Å²) in [7, 11) is 0. The molecule has 0 fully saturated rings. The van der Waals surface area contributed by atoms with Crippen molar-refractivity contribution in [2.75, 3.05) is 14.7 Å². The van der Waals surface area contributed by atoms with Crippen molar-refractivity contribution in [2.24, 2.45) is 0 Å². The molecule has 0 N–H and O–H groups in total. The van der Waals surface area contributed by atoms with Crippen LogP contribution < -0.4 is 31.1 Å². The number of nitrogens with zero attached hydrogens (tertiary/aromatic N) is 3. The second-order valence-corrected chi connectivity index (χ2v) is 20.9. The molecule has 0 saturated carbocycles. The minimum atomic E-state index is -0.624. The third-order valence-electron chi connectivity index (χ3n) is 15.6. The first-order chi connectivity index (χ1) is 35.7. The van der Waals surface area contributed by atoms with Crippen LogP contribution >= 0.6 is 0 Å². The van der Waals surface area contributed by atoms with E-state index >= 15 is 0 Å². The summed E-state index contributed by atoms with van der Waals surface area (Å²) in [5.74, 6) is 0. The van der Waals surface area contributed by atoms with Gasteiger partial charge in [0, 0.05) is 45.5 Å². The van der Waals surface area contributed by atoms with E-state index in [-0.39, 0.29) is 45.4 Å². The van der Waals surface area contributed by atoms with Gasteiger partial charge in [0.2, 0.25) is 0 Å².